The Hall–Kier alpha value is -1.27. The van der Waals surface area contributed by atoms with Crippen molar-refractivity contribution in [2.45, 2.75) is 6.04 Å². The number of hydrogen-bond donors (Lipinski definition) is 3. The van der Waals surface area contributed by atoms with E-state index in [4.69, 9.17) is 15.6 Å². The molecule has 0 aliphatic heterocycles. The van der Waals surface area contributed by atoms with Crippen LogP contribution in [-0.4, -0.2) is 23.3 Å². The normalized spacial score (nSPS) is 12.2. The van der Waals surface area contributed by atoms with Crippen molar-refractivity contribution in [3.63, 3.8) is 0 Å². The zero-order valence-electron chi connectivity index (χ0n) is 7.90. The molecule has 0 saturated heterocycles. The van der Waals surface area contributed by atoms with Gasteiger partial charge >= 0.3 is 5.97 Å². The number of halogens is 1. The minimum atomic E-state index is -1.26. The van der Waals surface area contributed by atoms with E-state index in [0.717, 1.165) is 0 Å². The van der Waals surface area contributed by atoms with Crippen LogP contribution in [0, 0.1) is 0 Å². The van der Waals surface area contributed by atoms with Crippen molar-refractivity contribution in [3.8, 4) is 11.5 Å². The van der Waals surface area contributed by atoms with Crippen molar-refractivity contribution in [2.75, 3.05) is 7.11 Å². The SMILES string of the molecule is COc1cc(O)c(C(N)C(=O)O)cc1Br. The molecule has 6 heteroatoms. The zero-order chi connectivity index (χ0) is 11.6. The van der Waals surface area contributed by atoms with Gasteiger partial charge in [0.25, 0.3) is 0 Å². The number of aliphatic carboxylic acids is 1. The maximum absolute atomic E-state index is 10.6. The summed E-state index contributed by atoms with van der Waals surface area (Å²) in [6, 6.07) is 1.47. The van der Waals surface area contributed by atoms with E-state index < -0.39 is 12.0 Å². The van der Waals surface area contributed by atoms with Crippen LogP contribution in [0.4, 0.5) is 0 Å². The minimum absolute atomic E-state index is 0.134. The topological polar surface area (TPSA) is 92.8 Å². The van der Waals surface area contributed by atoms with Gasteiger partial charge < -0.3 is 20.7 Å². The molecule has 0 heterocycles. The molecule has 4 N–H and O–H groups in total. The zero-order valence-corrected chi connectivity index (χ0v) is 9.48. The summed E-state index contributed by atoms with van der Waals surface area (Å²) < 4.78 is 5.46. The second-order valence-corrected chi connectivity index (χ2v) is 3.72. The third-order valence-corrected chi connectivity index (χ3v) is 2.52. The smallest absolute Gasteiger partial charge is 0.325 e. The second kappa shape index (κ2) is 4.50. The lowest BCUT2D eigenvalue weighted by molar-refractivity contribution is -0.138. The van der Waals surface area contributed by atoms with E-state index in [0.29, 0.717) is 10.2 Å². The molecular formula is C9H10BrNO4. The molecule has 1 atom stereocenters. The van der Waals surface area contributed by atoms with Crippen LogP contribution in [0.1, 0.15) is 11.6 Å². The van der Waals surface area contributed by atoms with Crippen molar-refractivity contribution < 1.29 is 19.7 Å². The van der Waals surface area contributed by atoms with Gasteiger partial charge in [0.05, 0.1) is 11.6 Å². The summed E-state index contributed by atoms with van der Waals surface area (Å²) >= 11 is 3.17. The number of phenolic OH excluding ortho intramolecular Hbond substituents is 1. The molecule has 0 amide bonds. The Balaban J connectivity index is 3.21. The third-order valence-electron chi connectivity index (χ3n) is 1.90. The van der Waals surface area contributed by atoms with Crippen molar-refractivity contribution in [1.82, 2.24) is 0 Å². The lowest BCUT2D eigenvalue weighted by Crippen LogP contribution is -2.20. The van der Waals surface area contributed by atoms with Gasteiger partial charge in [-0.2, -0.15) is 0 Å². The Labute approximate surface area is 94.6 Å². The molecular weight excluding hydrogens is 266 g/mol. The molecule has 0 aliphatic carbocycles. The van der Waals surface area contributed by atoms with Crippen molar-refractivity contribution in [1.29, 1.82) is 0 Å². The van der Waals surface area contributed by atoms with Crippen LogP contribution in [0.25, 0.3) is 0 Å². The standard InChI is InChI=1S/C9H10BrNO4/c1-15-7-3-6(12)4(2-5(7)10)8(11)9(13)14/h2-3,8,12H,11H2,1H3,(H,13,14). The molecule has 1 aromatic carbocycles. The van der Waals surface area contributed by atoms with Gasteiger partial charge in [-0.3, -0.25) is 4.79 Å². The Morgan fingerprint density at radius 3 is 2.67 bits per heavy atom. The monoisotopic (exact) mass is 275 g/mol. The van der Waals surface area contributed by atoms with Crippen molar-refractivity contribution >= 4 is 21.9 Å². The minimum Gasteiger partial charge on any atom is -0.507 e. The summed E-state index contributed by atoms with van der Waals surface area (Å²) in [6.07, 6.45) is 0. The molecule has 82 valence electrons. The molecule has 0 saturated carbocycles. The van der Waals surface area contributed by atoms with Gasteiger partial charge in [-0.15, -0.1) is 0 Å². The fraction of sp³-hybridized carbons (Fsp3) is 0.222. The molecule has 0 fully saturated rings. The highest BCUT2D eigenvalue weighted by Crippen LogP contribution is 2.34. The van der Waals surface area contributed by atoms with E-state index in [1.54, 1.807) is 0 Å². The van der Waals surface area contributed by atoms with Gasteiger partial charge in [0.15, 0.2) is 0 Å². The molecule has 0 aliphatic rings. The first-order chi connectivity index (χ1) is 6.97. The molecule has 0 aromatic heterocycles. The lowest BCUT2D eigenvalue weighted by Gasteiger charge is -2.11. The number of carboxylic acid groups (broad SMARTS) is 1. The number of carboxylic acids is 1. The fourth-order valence-electron chi connectivity index (χ4n) is 1.10. The maximum Gasteiger partial charge on any atom is 0.325 e. The second-order valence-electron chi connectivity index (χ2n) is 2.86. The van der Waals surface area contributed by atoms with Gasteiger partial charge in [-0.05, 0) is 22.0 Å². The largest absolute Gasteiger partial charge is 0.507 e. The summed E-state index contributed by atoms with van der Waals surface area (Å²) in [5.41, 5.74) is 5.51. The Bertz CT molecular complexity index is 394. The molecule has 1 unspecified atom stereocenters. The van der Waals surface area contributed by atoms with E-state index in [1.165, 1.54) is 19.2 Å². The first-order valence-electron chi connectivity index (χ1n) is 4.02. The summed E-state index contributed by atoms with van der Waals surface area (Å²) in [4.78, 5) is 10.6. The van der Waals surface area contributed by atoms with Crippen LogP contribution in [-0.2, 0) is 4.79 Å². The first kappa shape index (κ1) is 11.8. The van der Waals surface area contributed by atoms with Crippen LogP contribution in [0.15, 0.2) is 16.6 Å². The number of hydrogen-bond acceptors (Lipinski definition) is 4. The summed E-state index contributed by atoms with van der Waals surface area (Å²) in [5, 5.41) is 18.2. The predicted octanol–water partition coefficient (Wildman–Crippen LogP) is 1.25. The summed E-state index contributed by atoms with van der Waals surface area (Å²) in [7, 11) is 1.44. The number of methoxy groups -OCH3 is 1. The van der Waals surface area contributed by atoms with Gasteiger partial charge in [-0.1, -0.05) is 0 Å². The molecule has 0 spiro atoms. The van der Waals surface area contributed by atoms with Crippen LogP contribution in [0.3, 0.4) is 0 Å². The van der Waals surface area contributed by atoms with Gasteiger partial charge in [0, 0.05) is 11.6 Å². The molecule has 15 heavy (non-hydrogen) atoms. The summed E-state index contributed by atoms with van der Waals surface area (Å²) in [5.74, 6) is -0.999. The lowest BCUT2D eigenvalue weighted by atomic mass is 10.1. The quantitative estimate of drug-likeness (QED) is 0.772. The third kappa shape index (κ3) is 2.40. The van der Waals surface area contributed by atoms with Crippen molar-refractivity contribution in [2.24, 2.45) is 5.73 Å². The van der Waals surface area contributed by atoms with Crippen LogP contribution < -0.4 is 10.5 Å². The van der Waals surface area contributed by atoms with E-state index in [-0.39, 0.29) is 11.3 Å². The average molecular weight is 276 g/mol. The molecule has 1 aromatic rings. The average Bonchev–Trinajstić information content (AvgIpc) is 2.19. The highest BCUT2D eigenvalue weighted by Gasteiger charge is 2.20. The van der Waals surface area contributed by atoms with E-state index in [2.05, 4.69) is 15.9 Å². The Kier molecular flexibility index (Phi) is 3.54. The highest BCUT2D eigenvalue weighted by molar-refractivity contribution is 9.10. The number of phenols is 1. The van der Waals surface area contributed by atoms with Crippen LogP contribution in [0.2, 0.25) is 0 Å². The van der Waals surface area contributed by atoms with E-state index in [9.17, 15) is 9.90 Å². The number of benzene rings is 1. The molecule has 1 rings (SSSR count). The number of nitrogens with two attached hydrogens (primary N) is 1. The number of rotatable bonds is 3. The Morgan fingerprint density at radius 1 is 1.60 bits per heavy atom. The fourth-order valence-corrected chi connectivity index (χ4v) is 1.62. The first-order valence-corrected chi connectivity index (χ1v) is 4.81. The number of ether oxygens (including phenoxy) is 1. The van der Waals surface area contributed by atoms with Gasteiger partial charge in [0.2, 0.25) is 0 Å². The Morgan fingerprint density at radius 2 is 2.20 bits per heavy atom. The van der Waals surface area contributed by atoms with E-state index >= 15 is 0 Å². The van der Waals surface area contributed by atoms with E-state index in [1.807, 2.05) is 0 Å². The van der Waals surface area contributed by atoms with Gasteiger partial charge in [-0.25, -0.2) is 0 Å². The number of aromatic hydroxyl groups is 1. The summed E-state index contributed by atoms with van der Waals surface area (Å²) in [6.45, 7) is 0. The van der Waals surface area contributed by atoms with Gasteiger partial charge in [0.1, 0.15) is 17.5 Å². The molecule has 5 nitrogen and oxygen atoms in total. The highest BCUT2D eigenvalue weighted by atomic mass is 79.9. The number of carbonyl (C=O) groups is 1. The van der Waals surface area contributed by atoms with Crippen LogP contribution in [0.5, 0.6) is 11.5 Å². The maximum atomic E-state index is 10.6. The molecule has 0 radical (unpaired) electrons. The molecule has 0 bridgehead atoms. The van der Waals surface area contributed by atoms with Crippen LogP contribution >= 0.6 is 15.9 Å². The van der Waals surface area contributed by atoms with Crippen molar-refractivity contribution in [3.05, 3.63) is 22.2 Å². The predicted molar refractivity (Wildman–Crippen MR) is 56.9 cm³/mol.